The van der Waals surface area contributed by atoms with Gasteiger partial charge in [0.1, 0.15) is 0 Å². The molecule has 0 aromatic heterocycles. The summed E-state index contributed by atoms with van der Waals surface area (Å²) in [5, 5.41) is 3.22. The standard InChI is InChI=1S/C20H32N2O2/c23-19(13-14-3-1-2-4-14)21-17-7-9-22(10-8-17)20(24)18-12-15-5-6-16(18)11-15/h14-18H,1-13H2,(H,21,23)/t15-,16-,18+/m0/s1. The molecule has 3 atom stereocenters. The molecule has 0 spiro atoms. The summed E-state index contributed by atoms with van der Waals surface area (Å²) < 4.78 is 0. The number of piperidine rings is 1. The summed E-state index contributed by atoms with van der Waals surface area (Å²) in [6, 6.07) is 0.281. The summed E-state index contributed by atoms with van der Waals surface area (Å²) in [5.74, 6) is 3.09. The van der Waals surface area contributed by atoms with E-state index in [9.17, 15) is 9.59 Å². The molecule has 3 aliphatic carbocycles. The zero-order chi connectivity index (χ0) is 16.5. The van der Waals surface area contributed by atoms with Crippen molar-refractivity contribution in [2.75, 3.05) is 13.1 Å². The third-order valence-electron chi connectivity index (χ3n) is 7.18. The van der Waals surface area contributed by atoms with Gasteiger partial charge in [0.25, 0.3) is 0 Å². The lowest BCUT2D eigenvalue weighted by Gasteiger charge is -2.35. The molecule has 2 bridgehead atoms. The van der Waals surface area contributed by atoms with E-state index < -0.39 is 0 Å². The SMILES string of the molecule is O=C(CC1CCCC1)NC1CCN(C(=O)[C@@H]2C[C@H]3CC[C@H]2C3)CC1. The van der Waals surface area contributed by atoms with Gasteiger partial charge in [-0.15, -0.1) is 0 Å². The highest BCUT2D eigenvalue weighted by molar-refractivity contribution is 5.80. The van der Waals surface area contributed by atoms with E-state index in [4.69, 9.17) is 0 Å². The lowest BCUT2D eigenvalue weighted by atomic mass is 9.87. The Morgan fingerprint density at radius 1 is 0.917 bits per heavy atom. The molecule has 2 amide bonds. The maximum Gasteiger partial charge on any atom is 0.225 e. The van der Waals surface area contributed by atoms with Crippen LogP contribution in [-0.4, -0.2) is 35.8 Å². The number of amides is 2. The van der Waals surface area contributed by atoms with Crippen LogP contribution in [0.3, 0.4) is 0 Å². The maximum atomic E-state index is 12.8. The summed E-state index contributed by atoms with van der Waals surface area (Å²) in [6.07, 6.45) is 12.7. The Kier molecular flexibility index (Phi) is 4.82. The molecule has 24 heavy (non-hydrogen) atoms. The molecule has 4 aliphatic rings. The number of nitrogens with zero attached hydrogens (tertiary/aromatic N) is 1. The van der Waals surface area contributed by atoms with E-state index in [1.165, 1.54) is 44.9 Å². The average molecular weight is 332 g/mol. The average Bonchev–Trinajstić information content (AvgIpc) is 3.32. The first kappa shape index (κ1) is 16.4. The molecule has 0 aromatic rings. The summed E-state index contributed by atoms with van der Waals surface area (Å²) in [5.41, 5.74) is 0. The fourth-order valence-corrected chi connectivity index (χ4v) is 5.79. The van der Waals surface area contributed by atoms with Crippen LogP contribution in [0.4, 0.5) is 0 Å². The molecule has 0 radical (unpaired) electrons. The van der Waals surface area contributed by atoms with Gasteiger partial charge in [-0.2, -0.15) is 0 Å². The molecule has 4 nitrogen and oxygen atoms in total. The second-order valence-electron chi connectivity index (χ2n) is 8.80. The van der Waals surface area contributed by atoms with Crippen LogP contribution in [0.1, 0.15) is 70.6 Å². The van der Waals surface area contributed by atoms with Gasteiger partial charge in [0.2, 0.25) is 11.8 Å². The molecule has 1 aliphatic heterocycles. The fraction of sp³-hybridized carbons (Fsp3) is 0.900. The van der Waals surface area contributed by atoms with Crippen LogP contribution in [0.5, 0.6) is 0 Å². The van der Waals surface area contributed by atoms with Crippen molar-refractivity contribution < 1.29 is 9.59 Å². The van der Waals surface area contributed by atoms with Crippen LogP contribution in [0, 0.1) is 23.7 Å². The highest BCUT2D eigenvalue weighted by Crippen LogP contribution is 2.49. The number of fused-ring (bicyclic) bond motifs is 2. The van der Waals surface area contributed by atoms with Crippen molar-refractivity contribution in [1.29, 1.82) is 0 Å². The monoisotopic (exact) mass is 332 g/mol. The number of likely N-dealkylation sites (tertiary alicyclic amines) is 1. The quantitative estimate of drug-likeness (QED) is 0.860. The molecule has 4 rings (SSSR count). The molecule has 1 heterocycles. The van der Waals surface area contributed by atoms with Gasteiger partial charge in [-0.25, -0.2) is 0 Å². The molecule has 1 saturated heterocycles. The molecule has 0 unspecified atom stereocenters. The van der Waals surface area contributed by atoms with Gasteiger partial charge in [0.05, 0.1) is 0 Å². The second-order valence-corrected chi connectivity index (χ2v) is 8.80. The van der Waals surface area contributed by atoms with Crippen LogP contribution in [0.15, 0.2) is 0 Å². The molecule has 1 N–H and O–H groups in total. The van der Waals surface area contributed by atoms with Crippen molar-refractivity contribution in [3.8, 4) is 0 Å². The van der Waals surface area contributed by atoms with Crippen molar-refractivity contribution in [3.05, 3.63) is 0 Å². The number of hydrogen-bond donors (Lipinski definition) is 1. The van der Waals surface area contributed by atoms with Gasteiger partial charge in [-0.1, -0.05) is 19.3 Å². The highest BCUT2D eigenvalue weighted by atomic mass is 16.2. The number of nitrogens with one attached hydrogen (secondary N) is 1. The Morgan fingerprint density at radius 2 is 1.67 bits per heavy atom. The molecule has 4 heteroatoms. The van der Waals surface area contributed by atoms with Crippen LogP contribution >= 0.6 is 0 Å². The van der Waals surface area contributed by atoms with E-state index in [0.717, 1.165) is 38.3 Å². The number of carbonyl (C=O) groups excluding carboxylic acids is 2. The van der Waals surface area contributed by atoms with E-state index in [0.29, 0.717) is 30.1 Å². The minimum Gasteiger partial charge on any atom is -0.353 e. The number of rotatable bonds is 4. The number of hydrogen-bond acceptors (Lipinski definition) is 2. The van der Waals surface area contributed by atoms with Gasteiger partial charge in [0.15, 0.2) is 0 Å². The molecule has 4 fully saturated rings. The first-order valence-electron chi connectivity index (χ1n) is 10.3. The van der Waals surface area contributed by atoms with Gasteiger partial charge < -0.3 is 10.2 Å². The normalized spacial score (nSPS) is 34.0. The third-order valence-corrected chi connectivity index (χ3v) is 7.18. The minimum atomic E-state index is 0.236. The largest absolute Gasteiger partial charge is 0.353 e. The molecule has 134 valence electrons. The van der Waals surface area contributed by atoms with E-state index in [1.807, 2.05) is 0 Å². The van der Waals surface area contributed by atoms with Crippen molar-refractivity contribution in [1.82, 2.24) is 10.2 Å². The maximum absolute atomic E-state index is 12.8. The summed E-state index contributed by atoms with van der Waals surface area (Å²) >= 11 is 0. The van der Waals surface area contributed by atoms with E-state index >= 15 is 0 Å². The Bertz CT molecular complexity index is 478. The summed E-state index contributed by atoms with van der Waals surface area (Å²) in [6.45, 7) is 1.67. The topological polar surface area (TPSA) is 49.4 Å². The lowest BCUT2D eigenvalue weighted by Crippen LogP contribution is -2.48. The van der Waals surface area contributed by atoms with Crippen molar-refractivity contribution >= 4 is 11.8 Å². The molecular weight excluding hydrogens is 300 g/mol. The highest BCUT2D eigenvalue weighted by Gasteiger charge is 2.44. The van der Waals surface area contributed by atoms with Crippen molar-refractivity contribution in [2.45, 2.75) is 76.7 Å². The Balaban J connectivity index is 1.20. The van der Waals surface area contributed by atoms with Crippen LogP contribution in [0.2, 0.25) is 0 Å². The summed E-state index contributed by atoms with van der Waals surface area (Å²) in [4.78, 5) is 27.1. The van der Waals surface area contributed by atoms with Crippen LogP contribution < -0.4 is 5.32 Å². The molecule has 0 aromatic carbocycles. The predicted molar refractivity (Wildman–Crippen MR) is 93.3 cm³/mol. The first-order chi connectivity index (χ1) is 11.7. The van der Waals surface area contributed by atoms with Crippen LogP contribution in [0.25, 0.3) is 0 Å². The van der Waals surface area contributed by atoms with E-state index in [-0.39, 0.29) is 11.9 Å². The lowest BCUT2D eigenvalue weighted by molar-refractivity contribution is -0.138. The van der Waals surface area contributed by atoms with E-state index in [2.05, 4.69) is 10.2 Å². The Hall–Kier alpha value is -1.06. The Labute approximate surface area is 145 Å². The molecular formula is C20H32N2O2. The van der Waals surface area contributed by atoms with Crippen molar-refractivity contribution in [3.63, 3.8) is 0 Å². The Morgan fingerprint density at radius 3 is 2.29 bits per heavy atom. The molecule has 3 saturated carbocycles. The minimum absolute atomic E-state index is 0.236. The zero-order valence-electron chi connectivity index (χ0n) is 14.8. The third kappa shape index (κ3) is 3.48. The van der Waals surface area contributed by atoms with Gasteiger partial charge in [-0.05, 0) is 62.7 Å². The predicted octanol–water partition coefficient (Wildman–Crippen LogP) is 3.11. The van der Waals surface area contributed by atoms with Gasteiger partial charge in [-0.3, -0.25) is 9.59 Å². The van der Waals surface area contributed by atoms with E-state index in [1.54, 1.807) is 0 Å². The zero-order valence-corrected chi connectivity index (χ0v) is 14.8. The fourth-order valence-electron chi connectivity index (χ4n) is 5.79. The van der Waals surface area contributed by atoms with Crippen LogP contribution in [-0.2, 0) is 9.59 Å². The summed E-state index contributed by atoms with van der Waals surface area (Å²) in [7, 11) is 0. The van der Waals surface area contributed by atoms with Gasteiger partial charge in [0, 0.05) is 31.5 Å². The number of carbonyl (C=O) groups is 2. The first-order valence-corrected chi connectivity index (χ1v) is 10.3. The smallest absolute Gasteiger partial charge is 0.225 e. The van der Waals surface area contributed by atoms with Crippen molar-refractivity contribution in [2.24, 2.45) is 23.7 Å². The van der Waals surface area contributed by atoms with Gasteiger partial charge >= 0.3 is 0 Å². The second kappa shape index (κ2) is 7.05.